The highest BCUT2D eigenvalue weighted by molar-refractivity contribution is 6.03. The number of imide groups is 1. The Balaban J connectivity index is 2.46. The van der Waals surface area contributed by atoms with Crippen molar-refractivity contribution < 1.29 is 14.3 Å². The van der Waals surface area contributed by atoms with E-state index in [1.807, 2.05) is 25.1 Å². The first-order valence-corrected chi connectivity index (χ1v) is 4.64. The van der Waals surface area contributed by atoms with Gasteiger partial charge in [-0.3, -0.25) is 10.1 Å². The fraction of sp³-hybridized carbons (Fsp3) is 0.273. The molecule has 1 aliphatic heterocycles. The standard InChI is InChI=1S/C11H11NO3/c1-7-4-3-5-8(6-7)11(2)9(13)12-10(14)15-11/h3-6H,1-2H3,(H,12,13,14)/t11-/m0/s1. The first-order chi connectivity index (χ1) is 7.02. The average Bonchev–Trinajstić information content (AvgIpc) is 2.42. The van der Waals surface area contributed by atoms with Gasteiger partial charge in [0.2, 0.25) is 5.60 Å². The number of hydrogen-bond acceptors (Lipinski definition) is 3. The largest absolute Gasteiger partial charge is 0.428 e. The van der Waals surface area contributed by atoms with Crippen molar-refractivity contribution in [1.29, 1.82) is 0 Å². The summed E-state index contributed by atoms with van der Waals surface area (Å²) in [7, 11) is 0. The number of alkyl carbamates (subject to hydrolysis) is 1. The Labute approximate surface area is 87.2 Å². The zero-order chi connectivity index (χ0) is 11.1. The Morgan fingerprint density at radius 3 is 2.60 bits per heavy atom. The minimum absolute atomic E-state index is 0.418. The molecule has 1 atom stereocenters. The van der Waals surface area contributed by atoms with Crippen molar-refractivity contribution in [2.45, 2.75) is 19.4 Å². The Morgan fingerprint density at radius 2 is 2.07 bits per heavy atom. The molecule has 2 rings (SSSR count). The van der Waals surface area contributed by atoms with Gasteiger partial charge in [0.15, 0.2) is 0 Å². The highest BCUT2D eigenvalue weighted by Crippen LogP contribution is 2.29. The van der Waals surface area contributed by atoms with Gasteiger partial charge in [-0.2, -0.15) is 0 Å². The van der Waals surface area contributed by atoms with Crippen LogP contribution in [0, 0.1) is 6.92 Å². The van der Waals surface area contributed by atoms with Crippen LogP contribution in [0.3, 0.4) is 0 Å². The fourth-order valence-corrected chi connectivity index (χ4v) is 1.60. The summed E-state index contributed by atoms with van der Waals surface area (Å²) in [6, 6.07) is 7.35. The zero-order valence-corrected chi connectivity index (χ0v) is 8.53. The van der Waals surface area contributed by atoms with Gasteiger partial charge in [-0.15, -0.1) is 0 Å². The molecule has 4 nitrogen and oxygen atoms in total. The van der Waals surface area contributed by atoms with Crippen LogP contribution < -0.4 is 5.32 Å². The first kappa shape index (κ1) is 9.71. The van der Waals surface area contributed by atoms with Crippen LogP contribution in [-0.4, -0.2) is 12.0 Å². The van der Waals surface area contributed by atoms with Gasteiger partial charge in [0.25, 0.3) is 5.91 Å². The highest BCUT2D eigenvalue weighted by Gasteiger charge is 2.46. The van der Waals surface area contributed by atoms with E-state index in [0.29, 0.717) is 5.56 Å². The molecule has 1 N–H and O–H groups in total. The third-order valence-corrected chi connectivity index (χ3v) is 2.51. The second-order valence-electron chi connectivity index (χ2n) is 3.75. The Bertz CT molecular complexity index is 441. The van der Waals surface area contributed by atoms with E-state index in [1.165, 1.54) is 0 Å². The van der Waals surface area contributed by atoms with Crippen molar-refractivity contribution in [3.8, 4) is 0 Å². The van der Waals surface area contributed by atoms with Gasteiger partial charge >= 0.3 is 6.09 Å². The highest BCUT2D eigenvalue weighted by atomic mass is 16.6. The summed E-state index contributed by atoms with van der Waals surface area (Å²) in [5.41, 5.74) is 0.513. The molecule has 0 saturated carbocycles. The number of nitrogens with one attached hydrogen (secondary N) is 1. The van der Waals surface area contributed by atoms with Crippen LogP contribution in [0.4, 0.5) is 4.79 Å². The lowest BCUT2D eigenvalue weighted by Gasteiger charge is -2.19. The molecular weight excluding hydrogens is 194 g/mol. The molecule has 1 aliphatic rings. The van der Waals surface area contributed by atoms with Gasteiger partial charge in [-0.25, -0.2) is 4.79 Å². The van der Waals surface area contributed by atoms with Crippen molar-refractivity contribution in [1.82, 2.24) is 5.32 Å². The van der Waals surface area contributed by atoms with E-state index in [1.54, 1.807) is 13.0 Å². The average molecular weight is 205 g/mol. The molecule has 0 spiro atoms. The number of amides is 2. The molecular formula is C11H11NO3. The minimum Gasteiger partial charge on any atom is -0.428 e. The number of rotatable bonds is 1. The fourth-order valence-electron chi connectivity index (χ4n) is 1.60. The van der Waals surface area contributed by atoms with Crippen LogP contribution in [0.1, 0.15) is 18.1 Å². The third kappa shape index (κ3) is 1.48. The zero-order valence-electron chi connectivity index (χ0n) is 8.53. The SMILES string of the molecule is Cc1cccc([C@]2(C)OC(=O)NC2=O)c1. The van der Waals surface area contributed by atoms with Gasteiger partial charge in [0.05, 0.1) is 0 Å². The molecule has 0 radical (unpaired) electrons. The lowest BCUT2D eigenvalue weighted by Crippen LogP contribution is -2.33. The molecule has 78 valence electrons. The minimum atomic E-state index is -1.19. The predicted molar refractivity (Wildman–Crippen MR) is 53.2 cm³/mol. The number of benzene rings is 1. The maximum atomic E-state index is 11.6. The molecule has 0 bridgehead atoms. The second-order valence-corrected chi connectivity index (χ2v) is 3.75. The quantitative estimate of drug-likeness (QED) is 0.755. The summed E-state index contributed by atoms with van der Waals surface area (Å²) in [6.07, 6.45) is -0.691. The molecule has 0 aromatic heterocycles. The number of cyclic esters (lactones) is 1. The third-order valence-electron chi connectivity index (χ3n) is 2.51. The number of carbonyl (C=O) groups excluding carboxylic acids is 2. The number of aryl methyl sites for hydroxylation is 1. The lowest BCUT2D eigenvalue weighted by atomic mass is 9.94. The second kappa shape index (κ2) is 3.08. The maximum Gasteiger partial charge on any atom is 0.415 e. The summed E-state index contributed by atoms with van der Waals surface area (Å²) < 4.78 is 5.00. The van der Waals surface area contributed by atoms with Crippen LogP contribution in [0.2, 0.25) is 0 Å². The smallest absolute Gasteiger partial charge is 0.415 e. The van der Waals surface area contributed by atoms with Crippen molar-refractivity contribution in [2.75, 3.05) is 0 Å². The number of hydrogen-bond donors (Lipinski definition) is 1. The van der Waals surface area contributed by atoms with E-state index in [-0.39, 0.29) is 0 Å². The molecule has 1 saturated heterocycles. The summed E-state index contributed by atoms with van der Waals surface area (Å²) in [5, 5.41) is 2.13. The van der Waals surface area contributed by atoms with Crippen LogP contribution in [-0.2, 0) is 15.1 Å². The van der Waals surface area contributed by atoms with E-state index in [9.17, 15) is 9.59 Å². The van der Waals surface area contributed by atoms with Gasteiger partial charge in [-0.1, -0.05) is 29.8 Å². The molecule has 4 heteroatoms. The van der Waals surface area contributed by atoms with E-state index in [0.717, 1.165) is 5.56 Å². The Kier molecular flexibility index (Phi) is 2.00. The Morgan fingerprint density at radius 1 is 1.33 bits per heavy atom. The van der Waals surface area contributed by atoms with Gasteiger partial charge in [0.1, 0.15) is 0 Å². The van der Waals surface area contributed by atoms with Gasteiger partial charge in [-0.05, 0) is 13.8 Å². The lowest BCUT2D eigenvalue weighted by molar-refractivity contribution is -0.130. The predicted octanol–water partition coefficient (Wildman–Crippen LogP) is 1.48. The van der Waals surface area contributed by atoms with Crippen molar-refractivity contribution in [3.05, 3.63) is 35.4 Å². The summed E-state index contributed by atoms with van der Waals surface area (Å²) >= 11 is 0. The van der Waals surface area contributed by atoms with E-state index >= 15 is 0 Å². The van der Waals surface area contributed by atoms with Gasteiger partial charge < -0.3 is 4.74 Å². The molecule has 15 heavy (non-hydrogen) atoms. The van der Waals surface area contributed by atoms with Crippen molar-refractivity contribution in [2.24, 2.45) is 0 Å². The van der Waals surface area contributed by atoms with Gasteiger partial charge in [0, 0.05) is 5.56 Å². The summed E-state index contributed by atoms with van der Waals surface area (Å²) in [6.45, 7) is 3.50. The van der Waals surface area contributed by atoms with Crippen LogP contribution in [0.25, 0.3) is 0 Å². The van der Waals surface area contributed by atoms with Crippen LogP contribution in [0.5, 0.6) is 0 Å². The maximum absolute atomic E-state index is 11.6. The molecule has 1 aromatic carbocycles. The first-order valence-electron chi connectivity index (χ1n) is 4.64. The number of ether oxygens (including phenoxy) is 1. The normalized spacial score (nSPS) is 24.9. The van der Waals surface area contributed by atoms with E-state index in [4.69, 9.17) is 4.74 Å². The van der Waals surface area contributed by atoms with Crippen LogP contribution in [0.15, 0.2) is 24.3 Å². The van der Waals surface area contributed by atoms with Crippen LogP contribution >= 0.6 is 0 Å². The molecule has 0 aliphatic carbocycles. The monoisotopic (exact) mass is 205 g/mol. The van der Waals surface area contributed by atoms with E-state index < -0.39 is 17.6 Å². The topological polar surface area (TPSA) is 55.4 Å². The summed E-state index contributed by atoms with van der Waals surface area (Å²) in [4.78, 5) is 22.5. The molecule has 1 aromatic rings. The molecule has 2 amide bonds. The van der Waals surface area contributed by atoms with Crippen molar-refractivity contribution in [3.63, 3.8) is 0 Å². The molecule has 0 unspecified atom stereocenters. The molecule has 1 heterocycles. The molecule has 1 fully saturated rings. The Hall–Kier alpha value is -1.84. The number of carbonyl (C=O) groups is 2. The summed E-state index contributed by atoms with van der Waals surface area (Å²) in [5.74, 6) is -0.418. The van der Waals surface area contributed by atoms with Crippen molar-refractivity contribution >= 4 is 12.0 Å². The van der Waals surface area contributed by atoms with E-state index in [2.05, 4.69) is 5.32 Å².